The van der Waals surface area contributed by atoms with Crippen LogP contribution in [0.1, 0.15) is 38.7 Å². The Balaban J connectivity index is 2.05. The maximum atomic E-state index is 11.4. The van der Waals surface area contributed by atoms with Gasteiger partial charge in [0.05, 0.1) is 6.54 Å². The van der Waals surface area contributed by atoms with Gasteiger partial charge in [-0.05, 0) is 24.5 Å². The summed E-state index contributed by atoms with van der Waals surface area (Å²) in [4.78, 5) is 24.8. The lowest BCUT2D eigenvalue weighted by atomic mass is 10.0. The van der Waals surface area contributed by atoms with Gasteiger partial charge in [-0.15, -0.1) is 0 Å². The fourth-order valence-electron chi connectivity index (χ4n) is 2.50. The standard InChI is InChI=1S/C17H23NO4/c1-3-16(19)21-11-10-18-9-5-6-13-7-8-14(12-15(13)18)22-17(20)4-2/h7-8,12H,3-6,9-11H2,1-2H3. The minimum absolute atomic E-state index is 0.178. The second-order valence-electron chi connectivity index (χ2n) is 5.28. The van der Waals surface area contributed by atoms with Crippen LogP contribution in [0.3, 0.4) is 0 Å². The van der Waals surface area contributed by atoms with E-state index >= 15 is 0 Å². The molecule has 0 spiro atoms. The molecule has 5 nitrogen and oxygen atoms in total. The van der Waals surface area contributed by atoms with Crippen LogP contribution in [0.15, 0.2) is 18.2 Å². The number of benzene rings is 1. The van der Waals surface area contributed by atoms with Gasteiger partial charge in [0.15, 0.2) is 0 Å². The molecule has 0 aliphatic carbocycles. The number of esters is 2. The van der Waals surface area contributed by atoms with Gasteiger partial charge in [0.1, 0.15) is 12.4 Å². The Morgan fingerprint density at radius 2 is 1.95 bits per heavy atom. The Hall–Kier alpha value is -2.04. The molecule has 120 valence electrons. The first-order valence-electron chi connectivity index (χ1n) is 7.88. The molecule has 0 N–H and O–H groups in total. The van der Waals surface area contributed by atoms with Crippen LogP contribution in [0, 0.1) is 0 Å². The summed E-state index contributed by atoms with van der Waals surface area (Å²) in [6.07, 6.45) is 2.84. The van der Waals surface area contributed by atoms with Gasteiger partial charge in [-0.1, -0.05) is 19.9 Å². The van der Waals surface area contributed by atoms with Crippen LogP contribution in [0.2, 0.25) is 0 Å². The lowest BCUT2D eigenvalue weighted by molar-refractivity contribution is -0.143. The summed E-state index contributed by atoms with van der Waals surface area (Å²) in [5.74, 6) is 0.157. The molecule has 1 aromatic rings. The van der Waals surface area contributed by atoms with Crippen molar-refractivity contribution in [3.05, 3.63) is 23.8 Å². The maximum absolute atomic E-state index is 11.4. The summed E-state index contributed by atoms with van der Waals surface area (Å²) in [6, 6.07) is 5.76. The number of hydrogen-bond acceptors (Lipinski definition) is 5. The van der Waals surface area contributed by atoms with Crippen molar-refractivity contribution in [2.45, 2.75) is 39.5 Å². The molecule has 5 heteroatoms. The molecule has 0 radical (unpaired) electrons. The Morgan fingerprint density at radius 1 is 1.18 bits per heavy atom. The lowest BCUT2D eigenvalue weighted by Gasteiger charge is -2.31. The summed E-state index contributed by atoms with van der Waals surface area (Å²) in [5.41, 5.74) is 2.31. The van der Waals surface area contributed by atoms with Crippen LogP contribution in [0.4, 0.5) is 5.69 Å². The number of aryl methyl sites for hydroxylation is 1. The van der Waals surface area contributed by atoms with E-state index in [0.717, 1.165) is 25.1 Å². The average Bonchev–Trinajstić information content (AvgIpc) is 2.54. The molecular formula is C17H23NO4. The van der Waals surface area contributed by atoms with Crippen LogP contribution in [0.5, 0.6) is 5.75 Å². The molecule has 1 heterocycles. The first-order valence-corrected chi connectivity index (χ1v) is 7.88. The fourth-order valence-corrected chi connectivity index (χ4v) is 2.50. The van der Waals surface area contributed by atoms with E-state index in [0.29, 0.717) is 31.7 Å². The quantitative estimate of drug-likeness (QED) is 0.597. The van der Waals surface area contributed by atoms with E-state index in [4.69, 9.17) is 9.47 Å². The largest absolute Gasteiger partial charge is 0.464 e. The molecule has 0 unspecified atom stereocenters. The van der Waals surface area contributed by atoms with E-state index in [-0.39, 0.29) is 11.9 Å². The molecule has 1 aliphatic rings. The predicted molar refractivity (Wildman–Crippen MR) is 84.2 cm³/mol. The third-order valence-corrected chi connectivity index (χ3v) is 3.70. The number of ether oxygens (including phenoxy) is 2. The number of fused-ring (bicyclic) bond motifs is 1. The highest BCUT2D eigenvalue weighted by Crippen LogP contribution is 2.31. The maximum Gasteiger partial charge on any atom is 0.310 e. The highest BCUT2D eigenvalue weighted by atomic mass is 16.5. The number of nitrogens with zero attached hydrogens (tertiary/aromatic N) is 1. The first kappa shape index (κ1) is 16.3. The minimum Gasteiger partial charge on any atom is -0.464 e. The summed E-state index contributed by atoms with van der Waals surface area (Å²) in [6.45, 7) is 5.51. The topological polar surface area (TPSA) is 55.8 Å². The minimum atomic E-state index is -0.237. The molecule has 0 saturated carbocycles. The van der Waals surface area contributed by atoms with E-state index in [1.807, 2.05) is 18.2 Å². The normalized spacial score (nSPS) is 13.5. The molecule has 0 fully saturated rings. The predicted octanol–water partition coefficient (Wildman–Crippen LogP) is 2.71. The molecular weight excluding hydrogens is 282 g/mol. The fraction of sp³-hybridized carbons (Fsp3) is 0.529. The SMILES string of the molecule is CCC(=O)OCCN1CCCc2ccc(OC(=O)CC)cc21. The van der Waals surface area contributed by atoms with Crippen LogP contribution < -0.4 is 9.64 Å². The molecule has 0 atom stereocenters. The van der Waals surface area contributed by atoms with Gasteiger partial charge in [-0.2, -0.15) is 0 Å². The summed E-state index contributed by atoms with van der Waals surface area (Å²) in [7, 11) is 0. The van der Waals surface area contributed by atoms with Crippen LogP contribution in [-0.2, 0) is 20.7 Å². The van der Waals surface area contributed by atoms with E-state index in [1.54, 1.807) is 13.8 Å². The highest BCUT2D eigenvalue weighted by Gasteiger charge is 2.18. The molecule has 1 aromatic carbocycles. The van der Waals surface area contributed by atoms with Gasteiger partial charge >= 0.3 is 11.9 Å². The number of carbonyl (C=O) groups is 2. The zero-order valence-electron chi connectivity index (χ0n) is 13.3. The van der Waals surface area contributed by atoms with Crippen molar-refractivity contribution >= 4 is 17.6 Å². The van der Waals surface area contributed by atoms with Crippen LogP contribution >= 0.6 is 0 Å². The Bertz CT molecular complexity index is 541. The molecule has 2 rings (SSSR count). The Morgan fingerprint density at radius 3 is 2.68 bits per heavy atom. The second kappa shape index (κ2) is 7.82. The first-order chi connectivity index (χ1) is 10.6. The number of rotatable bonds is 6. The molecule has 0 aromatic heterocycles. The molecule has 0 amide bonds. The lowest BCUT2D eigenvalue weighted by Crippen LogP contribution is -2.33. The van der Waals surface area contributed by atoms with E-state index in [1.165, 1.54) is 5.56 Å². The van der Waals surface area contributed by atoms with Gasteiger partial charge in [0.2, 0.25) is 0 Å². The third kappa shape index (κ3) is 4.23. The van der Waals surface area contributed by atoms with Crippen LogP contribution in [0.25, 0.3) is 0 Å². The van der Waals surface area contributed by atoms with Crippen molar-refractivity contribution in [3.63, 3.8) is 0 Å². The van der Waals surface area contributed by atoms with E-state index < -0.39 is 0 Å². The number of hydrogen-bond donors (Lipinski definition) is 0. The van der Waals surface area contributed by atoms with Crippen molar-refractivity contribution < 1.29 is 19.1 Å². The van der Waals surface area contributed by atoms with Crippen LogP contribution in [-0.4, -0.2) is 31.6 Å². The van der Waals surface area contributed by atoms with Gasteiger partial charge in [0, 0.05) is 31.1 Å². The smallest absolute Gasteiger partial charge is 0.310 e. The molecule has 1 aliphatic heterocycles. The summed E-state index contributed by atoms with van der Waals surface area (Å²) >= 11 is 0. The van der Waals surface area contributed by atoms with E-state index in [9.17, 15) is 9.59 Å². The Kier molecular flexibility index (Phi) is 5.81. The van der Waals surface area contributed by atoms with Crippen molar-refractivity contribution in [1.82, 2.24) is 0 Å². The zero-order chi connectivity index (χ0) is 15.9. The van der Waals surface area contributed by atoms with Gasteiger partial charge in [0.25, 0.3) is 0 Å². The zero-order valence-corrected chi connectivity index (χ0v) is 13.3. The monoisotopic (exact) mass is 305 g/mol. The van der Waals surface area contributed by atoms with Crippen molar-refractivity contribution in [1.29, 1.82) is 0 Å². The number of anilines is 1. The van der Waals surface area contributed by atoms with Gasteiger partial charge < -0.3 is 14.4 Å². The van der Waals surface area contributed by atoms with Gasteiger partial charge in [-0.25, -0.2) is 0 Å². The summed E-state index contributed by atoms with van der Waals surface area (Å²) in [5, 5.41) is 0. The number of carbonyl (C=O) groups excluding carboxylic acids is 2. The third-order valence-electron chi connectivity index (χ3n) is 3.70. The highest BCUT2D eigenvalue weighted by molar-refractivity contribution is 5.73. The second-order valence-corrected chi connectivity index (χ2v) is 5.28. The molecule has 0 bridgehead atoms. The average molecular weight is 305 g/mol. The van der Waals surface area contributed by atoms with Crippen molar-refractivity contribution in [3.8, 4) is 5.75 Å². The van der Waals surface area contributed by atoms with Gasteiger partial charge in [-0.3, -0.25) is 9.59 Å². The molecule has 0 saturated heterocycles. The van der Waals surface area contributed by atoms with Crippen molar-refractivity contribution in [2.75, 3.05) is 24.6 Å². The molecule has 22 heavy (non-hydrogen) atoms. The summed E-state index contributed by atoms with van der Waals surface area (Å²) < 4.78 is 10.4. The van der Waals surface area contributed by atoms with Crippen molar-refractivity contribution in [2.24, 2.45) is 0 Å². The van der Waals surface area contributed by atoms with E-state index in [2.05, 4.69) is 4.90 Å². The Labute approximate surface area is 131 Å².